The zero-order valence-electron chi connectivity index (χ0n) is 13.5. The maximum absolute atomic E-state index is 9.94. The molecule has 1 aromatic rings. The highest BCUT2D eigenvalue weighted by molar-refractivity contribution is 5.35. The number of aryl methyl sites for hydroxylation is 1. The smallest absolute Gasteiger partial charge is 0.144 e. The summed E-state index contributed by atoms with van der Waals surface area (Å²) in [5.74, 6) is 1.70. The number of hydrogen-bond acceptors (Lipinski definition) is 6. The fourth-order valence-electron chi connectivity index (χ4n) is 2.92. The van der Waals surface area contributed by atoms with Crippen molar-refractivity contribution in [2.45, 2.75) is 39.0 Å². The minimum absolute atomic E-state index is 0.243. The Morgan fingerprint density at radius 3 is 2.86 bits per heavy atom. The molecule has 2 atom stereocenters. The predicted molar refractivity (Wildman–Crippen MR) is 84.3 cm³/mol. The molecule has 0 radical (unpaired) electrons. The standard InChI is InChI=1S/C15H27N5O/c1-5-16-14-6-11(2)17-15(18-14)10-20-9-13(21)7-12(20)8-19(3)4/h6,12-13,21H,5,7-10H2,1-4H3,(H,16,17,18). The van der Waals surface area contributed by atoms with Crippen molar-refractivity contribution in [2.24, 2.45) is 0 Å². The van der Waals surface area contributed by atoms with Gasteiger partial charge < -0.3 is 15.3 Å². The molecule has 1 aromatic heterocycles. The van der Waals surface area contributed by atoms with Gasteiger partial charge in [0.25, 0.3) is 0 Å². The molecule has 2 unspecified atom stereocenters. The van der Waals surface area contributed by atoms with Crippen LogP contribution in [0.1, 0.15) is 24.9 Å². The van der Waals surface area contributed by atoms with E-state index in [-0.39, 0.29) is 6.10 Å². The Hall–Kier alpha value is -1.24. The highest BCUT2D eigenvalue weighted by Crippen LogP contribution is 2.20. The molecule has 6 heteroatoms. The minimum atomic E-state index is -0.243. The van der Waals surface area contributed by atoms with Gasteiger partial charge in [-0.3, -0.25) is 4.90 Å². The maximum atomic E-state index is 9.94. The molecule has 2 rings (SSSR count). The lowest BCUT2D eigenvalue weighted by atomic mass is 10.2. The third-order valence-corrected chi connectivity index (χ3v) is 3.68. The lowest BCUT2D eigenvalue weighted by molar-refractivity contribution is 0.167. The van der Waals surface area contributed by atoms with Crippen molar-refractivity contribution in [2.75, 3.05) is 39.0 Å². The molecule has 0 aliphatic carbocycles. The van der Waals surface area contributed by atoms with Crippen LogP contribution in [0.15, 0.2) is 6.07 Å². The number of likely N-dealkylation sites (tertiary alicyclic amines) is 1. The first-order chi connectivity index (χ1) is 9.97. The van der Waals surface area contributed by atoms with E-state index in [9.17, 15) is 5.11 Å². The van der Waals surface area contributed by atoms with Crippen LogP contribution in [0, 0.1) is 6.92 Å². The van der Waals surface area contributed by atoms with Gasteiger partial charge in [-0.15, -0.1) is 0 Å². The molecule has 0 amide bonds. The Morgan fingerprint density at radius 1 is 1.43 bits per heavy atom. The number of aromatic nitrogens is 2. The van der Waals surface area contributed by atoms with E-state index in [1.165, 1.54) is 0 Å². The molecule has 2 N–H and O–H groups in total. The maximum Gasteiger partial charge on any atom is 0.144 e. The number of aliphatic hydroxyl groups excluding tert-OH is 1. The van der Waals surface area contributed by atoms with Gasteiger partial charge in [-0.2, -0.15) is 0 Å². The van der Waals surface area contributed by atoms with E-state index < -0.39 is 0 Å². The molecule has 0 aromatic carbocycles. The van der Waals surface area contributed by atoms with E-state index in [2.05, 4.69) is 46.1 Å². The second kappa shape index (κ2) is 7.15. The van der Waals surface area contributed by atoms with Crippen molar-refractivity contribution in [1.82, 2.24) is 19.8 Å². The summed E-state index contributed by atoms with van der Waals surface area (Å²) in [5.41, 5.74) is 0.972. The Balaban J connectivity index is 2.08. The van der Waals surface area contributed by atoms with Crippen LogP contribution >= 0.6 is 0 Å². The van der Waals surface area contributed by atoms with Crippen molar-refractivity contribution < 1.29 is 5.11 Å². The molecule has 2 heterocycles. The molecular weight excluding hydrogens is 266 g/mol. The van der Waals surface area contributed by atoms with Gasteiger partial charge in [-0.05, 0) is 34.4 Å². The summed E-state index contributed by atoms with van der Waals surface area (Å²) >= 11 is 0. The third kappa shape index (κ3) is 4.62. The number of likely N-dealkylation sites (N-methyl/N-ethyl adjacent to an activating group) is 1. The first kappa shape index (κ1) is 16.1. The van der Waals surface area contributed by atoms with E-state index in [0.29, 0.717) is 19.1 Å². The lowest BCUT2D eigenvalue weighted by Crippen LogP contribution is -2.37. The molecule has 1 saturated heterocycles. The summed E-state index contributed by atoms with van der Waals surface area (Å²) < 4.78 is 0. The molecule has 118 valence electrons. The molecule has 0 saturated carbocycles. The zero-order valence-corrected chi connectivity index (χ0v) is 13.5. The highest BCUT2D eigenvalue weighted by atomic mass is 16.3. The Bertz CT molecular complexity index is 465. The van der Waals surface area contributed by atoms with Crippen molar-refractivity contribution >= 4 is 5.82 Å². The number of nitrogens with zero attached hydrogens (tertiary/aromatic N) is 4. The van der Waals surface area contributed by atoms with Crippen LogP contribution in [0.2, 0.25) is 0 Å². The zero-order chi connectivity index (χ0) is 15.4. The van der Waals surface area contributed by atoms with Gasteiger partial charge in [0.1, 0.15) is 11.6 Å². The minimum Gasteiger partial charge on any atom is -0.392 e. The average Bonchev–Trinajstić information content (AvgIpc) is 2.68. The van der Waals surface area contributed by atoms with Crippen LogP contribution in [0.25, 0.3) is 0 Å². The monoisotopic (exact) mass is 293 g/mol. The van der Waals surface area contributed by atoms with E-state index in [1.807, 2.05) is 13.0 Å². The van der Waals surface area contributed by atoms with Crippen LogP contribution < -0.4 is 5.32 Å². The van der Waals surface area contributed by atoms with Crippen LogP contribution in [0.3, 0.4) is 0 Å². The Morgan fingerprint density at radius 2 is 2.19 bits per heavy atom. The number of hydrogen-bond donors (Lipinski definition) is 2. The lowest BCUT2D eigenvalue weighted by Gasteiger charge is -2.26. The number of nitrogens with one attached hydrogen (secondary N) is 1. The first-order valence-corrected chi connectivity index (χ1v) is 7.63. The average molecular weight is 293 g/mol. The molecule has 0 spiro atoms. The molecule has 6 nitrogen and oxygen atoms in total. The molecule has 1 fully saturated rings. The van der Waals surface area contributed by atoms with Gasteiger partial charge in [-0.25, -0.2) is 9.97 Å². The topological polar surface area (TPSA) is 64.5 Å². The molecule has 1 aliphatic rings. The van der Waals surface area contributed by atoms with Crippen molar-refractivity contribution in [3.8, 4) is 0 Å². The van der Waals surface area contributed by atoms with Crippen LogP contribution in [0.4, 0.5) is 5.82 Å². The third-order valence-electron chi connectivity index (χ3n) is 3.68. The van der Waals surface area contributed by atoms with E-state index in [0.717, 1.165) is 36.8 Å². The molecular formula is C15H27N5O. The van der Waals surface area contributed by atoms with E-state index in [4.69, 9.17) is 0 Å². The van der Waals surface area contributed by atoms with Gasteiger partial charge in [0.05, 0.1) is 12.6 Å². The van der Waals surface area contributed by atoms with Crippen LogP contribution in [0.5, 0.6) is 0 Å². The fraction of sp³-hybridized carbons (Fsp3) is 0.733. The summed E-state index contributed by atoms with van der Waals surface area (Å²) in [7, 11) is 4.13. The van der Waals surface area contributed by atoms with Crippen LogP contribution in [-0.2, 0) is 6.54 Å². The molecule has 0 bridgehead atoms. The SMILES string of the molecule is CCNc1cc(C)nc(CN2CC(O)CC2CN(C)C)n1. The van der Waals surface area contributed by atoms with E-state index in [1.54, 1.807) is 0 Å². The summed E-state index contributed by atoms with van der Waals surface area (Å²) in [4.78, 5) is 13.5. The second-order valence-corrected chi connectivity index (χ2v) is 6.08. The van der Waals surface area contributed by atoms with Gasteiger partial charge in [0.15, 0.2) is 0 Å². The van der Waals surface area contributed by atoms with Crippen LogP contribution in [-0.4, -0.2) is 70.7 Å². The first-order valence-electron chi connectivity index (χ1n) is 7.63. The van der Waals surface area contributed by atoms with Gasteiger partial charge in [0, 0.05) is 37.4 Å². The van der Waals surface area contributed by atoms with Gasteiger partial charge in [0.2, 0.25) is 0 Å². The number of aliphatic hydroxyl groups is 1. The quantitative estimate of drug-likeness (QED) is 0.805. The normalized spacial score (nSPS) is 23.0. The number of rotatable bonds is 6. The Kier molecular flexibility index (Phi) is 5.50. The molecule has 1 aliphatic heterocycles. The predicted octanol–water partition coefficient (Wildman–Crippen LogP) is 0.714. The van der Waals surface area contributed by atoms with Gasteiger partial charge >= 0.3 is 0 Å². The summed E-state index contributed by atoms with van der Waals surface area (Å²) in [6.07, 6.45) is 0.581. The summed E-state index contributed by atoms with van der Waals surface area (Å²) in [5, 5.41) is 13.2. The van der Waals surface area contributed by atoms with Crippen molar-refractivity contribution in [1.29, 1.82) is 0 Å². The fourth-order valence-corrected chi connectivity index (χ4v) is 2.92. The Labute approximate surface area is 127 Å². The number of β-amino-alcohol motifs (C(OH)–C–C–N with tert-alkyl or cyclic N) is 1. The van der Waals surface area contributed by atoms with Gasteiger partial charge in [-0.1, -0.05) is 0 Å². The number of anilines is 1. The van der Waals surface area contributed by atoms with Crippen molar-refractivity contribution in [3.63, 3.8) is 0 Å². The van der Waals surface area contributed by atoms with Crippen molar-refractivity contribution in [3.05, 3.63) is 17.6 Å². The molecule has 21 heavy (non-hydrogen) atoms. The summed E-state index contributed by atoms with van der Waals surface area (Å²) in [6, 6.07) is 2.32. The highest BCUT2D eigenvalue weighted by Gasteiger charge is 2.31. The largest absolute Gasteiger partial charge is 0.392 e. The van der Waals surface area contributed by atoms with E-state index >= 15 is 0 Å². The second-order valence-electron chi connectivity index (χ2n) is 6.08. The summed E-state index contributed by atoms with van der Waals surface area (Å²) in [6.45, 7) is 7.23.